The molecule has 1 aromatic heterocycles. The molecule has 1 aromatic rings. The topological polar surface area (TPSA) is 71.5 Å². The van der Waals surface area contributed by atoms with E-state index in [2.05, 4.69) is 10.3 Å². The summed E-state index contributed by atoms with van der Waals surface area (Å²) in [7, 11) is 0. The van der Waals surface area contributed by atoms with Gasteiger partial charge in [0, 0.05) is 30.5 Å². The van der Waals surface area contributed by atoms with E-state index >= 15 is 0 Å². The Morgan fingerprint density at radius 3 is 2.80 bits per heavy atom. The SMILES string of the molecule is CC(CO)C(C)NC(=O)c1ccnc(OCC(F)F)c1. The maximum atomic E-state index is 12.0. The third-order valence-electron chi connectivity index (χ3n) is 2.85. The fourth-order valence-electron chi connectivity index (χ4n) is 1.37. The summed E-state index contributed by atoms with van der Waals surface area (Å²) in [5.74, 6) is -0.488. The van der Waals surface area contributed by atoms with Crippen LogP contribution in [0.1, 0.15) is 24.2 Å². The second-order valence-electron chi connectivity index (χ2n) is 4.51. The first-order valence-corrected chi connectivity index (χ1v) is 6.22. The normalized spacial score (nSPS) is 13.9. The van der Waals surface area contributed by atoms with Gasteiger partial charge < -0.3 is 15.2 Å². The fraction of sp³-hybridized carbons (Fsp3) is 0.538. The zero-order valence-electron chi connectivity index (χ0n) is 11.3. The number of rotatable bonds is 7. The zero-order valence-corrected chi connectivity index (χ0v) is 11.3. The Hall–Kier alpha value is -1.76. The van der Waals surface area contributed by atoms with Crippen molar-refractivity contribution in [2.24, 2.45) is 5.92 Å². The molecule has 20 heavy (non-hydrogen) atoms. The molecule has 0 saturated carbocycles. The van der Waals surface area contributed by atoms with Crippen molar-refractivity contribution in [3.63, 3.8) is 0 Å². The fourth-order valence-corrected chi connectivity index (χ4v) is 1.37. The van der Waals surface area contributed by atoms with Crippen molar-refractivity contribution in [2.75, 3.05) is 13.2 Å². The highest BCUT2D eigenvalue weighted by Gasteiger charge is 2.16. The Kier molecular flexibility index (Phi) is 6.30. The number of pyridine rings is 1. The lowest BCUT2D eigenvalue weighted by Crippen LogP contribution is -2.38. The summed E-state index contributed by atoms with van der Waals surface area (Å²) in [5, 5.41) is 11.7. The van der Waals surface area contributed by atoms with Crippen LogP contribution in [0.4, 0.5) is 8.78 Å². The molecule has 2 N–H and O–H groups in total. The van der Waals surface area contributed by atoms with Gasteiger partial charge in [0.05, 0.1) is 0 Å². The first-order valence-electron chi connectivity index (χ1n) is 6.22. The van der Waals surface area contributed by atoms with E-state index in [1.165, 1.54) is 18.3 Å². The van der Waals surface area contributed by atoms with E-state index in [1.54, 1.807) is 13.8 Å². The van der Waals surface area contributed by atoms with Crippen LogP contribution in [0, 0.1) is 5.92 Å². The number of halogens is 2. The van der Waals surface area contributed by atoms with Gasteiger partial charge in [-0.2, -0.15) is 0 Å². The highest BCUT2D eigenvalue weighted by Crippen LogP contribution is 2.11. The Morgan fingerprint density at radius 1 is 1.50 bits per heavy atom. The van der Waals surface area contributed by atoms with Gasteiger partial charge in [0.1, 0.15) is 0 Å². The van der Waals surface area contributed by atoms with Crippen LogP contribution in [0.5, 0.6) is 5.88 Å². The summed E-state index contributed by atoms with van der Waals surface area (Å²) in [6.45, 7) is 2.76. The van der Waals surface area contributed by atoms with E-state index in [0.717, 1.165) is 0 Å². The van der Waals surface area contributed by atoms with Gasteiger partial charge in [0.15, 0.2) is 6.61 Å². The van der Waals surface area contributed by atoms with Crippen LogP contribution in [-0.4, -0.2) is 41.7 Å². The maximum absolute atomic E-state index is 12.0. The standard InChI is InChI=1S/C13H18F2N2O3/c1-8(6-18)9(2)17-13(19)10-3-4-16-12(5-10)20-7-11(14)15/h3-5,8-9,11,18H,6-7H2,1-2H3,(H,17,19). The predicted octanol–water partition coefficient (Wildman–Crippen LogP) is 1.47. The zero-order chi connectivity index (χ0) is 15.1. The monoisotopic (exact) mass is 288 g/mol. The van der Waals surface area contributed by atoms with Gasteiger partial charge in [-0.05, 0) is 18.9 Å². The molecule has 0 fully saturated rings. The second kappa shape index (κ2) is 7.74. The molecule has 5 nitrogen and oxygen atoms in total. The number of aliphatic hydroxyl groups is 1. The lowest BCUT2D eigenvalue weighted by Gasteiger charge is -2.19. The maximum Gasteiger partial charge on any atom is 0.272 e. The predicted molar refractivity (Wildman–Crippen MR) is 68.9 cm³/mol. The van der Waals surface area contributed by atoms with Crippen molar-refractivity contribution in [3.05, 3.63) is 23.9 Å². The average molecular weight is 288 g/mol. The molecule has 0 radical (unpaired) electrons. The Balaban J connectivity index is 2.66. The molecule has 7 heteroatoms. The van der Waals surface area contributed by atoms with Gasteiger partial charge in [-0.15, -0.1) is 0 Å². The van der Waals surface area contributed by atoms with E-state index in [9.17, 15) is 13.6 Å². The summed E-state index contributed by atoms with van der Waals surface area (Å²) in [4.78, 5) is 15.7. The highest BCUT2D eigenvalue weighted by molar-refractivity contribution is 5.94. The molecular formula is C13H18F2N2O3. The van der Waals surface area contributed by atoms with Gasteiger partial charge in [0.25, 0.3) is 12.3 Å². The van der Waals surface area contributed by atoms with Crippen LogP contribution < -0.4 is 10.1 Å². The number of aromatic nitrogens is 1. The van der Waals surface area contributed by atoms with Crippen molar-refractivity contribution in [1.82, 2.24) is 10.3 Å². The number of carbonyl (C=O) groups excluding carboxylic acids is 1. The first-order chi connectivity index (χ1) is 9.43. The Morgan fingerprint density at radius 2 is 2.20 bits per heavy atom. The molecule has 112 valence electrons. The van der Waals surface area contributed by atoms with Crippen molar-refractivity contribution >= 4 is 5.91 Å². The van der Waals surface area contributed by atoms with Gasteiger partial charge in [-0.1, -0.05) is 6.92 Å². The Labute approximate surface area is 116 Å². The number of hydrogen-bond acceptors (Lipinski definition) is 4. The van der Waals surface area contributed by atoms with E-state index in [0.29, 0.717) is 0 Å². The van der Waals surface area contributed by atoms with Crippen LogP contribution in [0.15, 0.2) is 18.3 Å². The Bertz CT molecular complexity index is 443. The van der Waals surface area contributed by atoms with Crippen LogP contribution in [-0.2, 0) is 0 Å². The lowest BCUT2D eigenvalue weighted by atomic mass is 10.0. The van der Waals surface area contributed by atoms with Crippen LogP contribution in [0.2, 0.25) is 0 Å². The third kappa shape index (κ3) is 5.08. The quantitative estimate of drug-likeness (QED) is 0.797. The van der Waals surface area contributed by atoms with E-state index in [4.69, 9.17) is 9.84 Å². The first kappa shape index (κ1) is 16.3. The molecule has 0 bridgehead atoms. The summed E-state index contributed by atoms with van der Waals surface area (Å²) < 4.78 is 28.8. The summed E-state index contributed by atoms with van der Waals surface area (Å²) in [6.07, 6.45) is -1.28. The molecule has 1 amide bonds. The van der Waals surface area contributed by atoms with Crippen LogP contribution in [0.25, 0.3) is 0 Å². The molecule has 0 saturated heterocycles. The van der Waals surface area contributed by atoms with Gasteiger partial charge in [0.2, 0.25) is 5.88 Å². The van der Waals surface area contributed by atoms with E-state index in [-0.39, 0.29) is 35.9 Å². The molecular weight excluding hydrogens is 270 g/mol. The van der Waals surface area contributed by atoms with Crippen LogP contribution in [0.3, 0.4) is 0 Å². The van der Waals surface area contributed by atoms with Gasteiger partial charge in [-0.25, -0.2) is 13.8 Å². The number of alkyl halides is 2. The minimum atomic E-state index is -2.60. The third-order valence-corrected chi connectivity index (χ3v) is 2.85. The number of ether oxygens (including phenoxy) is 1. The lowest BCUT2D eigenvalue weighted by molar-refractivity contribution is 0.0794. The van der Waals surface area contributed by atoms with E-state index in [1.807, 2.05) is 0 Å². The summed E-state index contributed by atoms with van der Waals surface area (Å²) >= 11 is 0. The summed E-state index contributed by atoms with van der Waals surface area (Å²) in [5.41, 5.74) is 0.265. The molecule has 0 aliphatic carbocycles. The number of nitrogens with zero attached hydrogens (tertiary/aromatic N) is 1. The number of nitrogens with one attached hydrogen (secondary N) is 1. The minimum absolute atomic E-state index is 0.0270. The number of hydrogen-bond donors (Lipinski definition) is 2. The van der Waals surface area contributed by atoms with E-state index < -0.39 is 13.0 Å². The highest BCUT2D eigenvalue weighted by atomic mass is 19.3. The van der Waals surface area contributed by atoms with Crippen molar-refractivity contribution < 1.29 is 23.4 Å². The second-order valence-corrected chi connectivity index (χ2v) is 4.51. The number of aliphatic hydroxyl groups excluding tert-OH is 1. The smallest absolute Gasteiger partial charge is 0.272 e. The largest absolute Gasteiger partial charge is 0.472 e. The molecule has 2 unspecified atom stereocenters. The minimum Gasteiger partial charge on any atom is -0.472 e. The number of carbonyl (C=O) groups is 1. The molecule has 0 aliphatic heterocycles. The van der Waals surface area contributed by atoms with Crippen molar-refractivity contribution in [1.29, 1.82) is 0 Å². The molecule has 1 rings (SSSR count). The summed E-state index contributed by atoms with van der Waals surface area (Å²) in [6, 6.07) is 2.54. The molecule has 0 spiro atoms. The van der Waals surface area contributed by atoms with Crippen LogP contribution >= 0.6 is 0 Å². The van der Waals surface area contributed by atoms with Gasteiger partial charge >= 0.3 is 0 Å². The average Bonchev–Trinajstić information content (AvgIpc) is 2.44. The molecule has 2 atom stereocenters. The molecule has 1 heterocycles. The molecule has 0 aliphatic rings. The molecule has 0 aromatic carbocycles. The van der Waals surface area contributed by atoms with Gasteiger partial charge in [-0.3, -0.25) is 4.79 Å². The van der Waals surface area contributed by atoms with Crippen molar-refractivity contribution in [2.45, 2.75) is 26.3 Å². The number of amides is 1. The van der Waals surface area contributed by atoms with Crippen molar-refractivity contribution in [3.8, 4) is 5.88 Å².